The van der Waals surface area contributed by atoms with Crippen LogP contribution in [0, 0.1) is 0 Å². The summed E-state index contributed by atoms with van der Waals surface area (Å²) in [5.41, 5.74) is 1.72. The van der Waals surface area contributed by atoms with Crippen LogP contribution in [0.1, 0.15) is 5.56 Å². The predicted octanol–water partition coefficient (Wildman–Crippen LogP) is 2.74. The van der Waals surface area contributed by atoms with E-state index in [0.717, 1.165) is 5.56 Å². The van der Waals surface area contributed by atoms with E-state index in [4.69, 9.17) is 9.47 Å². The molecule has 0 unspecified atom stereocenters. The molecule has 2 aromatic rings. The number of carbonyl (C=O) groups is 1. The molecule has 20 heavy (non-hydrogen) atoms. The maximum atomic E-state index is 11.8. The highest BCUT2D eigenvalue weighted by molar-refractivity contribution is 5.89. The van der Waals surface area contributed by atoms with Gasteiger partial charge in [0, 0.05) is 18.3 Å². The lowest BCUT2D eigenvalue weighted by atomic mass is 10.2. The summed E-state index contributed by atoms with van der Waals surface area (Å²) in [7, 11) is 0. The van der Waals surface area contributed by atoms with Gasteiger partial charge in [-0.25, -0.2) is 4.79 Å². The Bertz CT molecular complexity index is 614. The number of carbonyl (C=O) groups excluding carboxylic acids is 1. The maximum Gasteiger partial charge on any atom is 0.319 e. The molecule has 5 nitrogen and oxygen atoms in total. The molecule has 2 N–H and O–H groups in total. The standard InChI is InChI=1S/C15H14N2O3/c18-15(16-9-11-4-2-1-3-5-11)17-12-6-7-13-14(8-12)20-10-19-13/h1-8H,9-10H2,(H2,16,17,18). The summed E-state index contributed by atoms with van der Waals surface area (Å²) >= 11 is 0. The van der Waals surface area contributed by atoms with Crippen LogP contribution >= 0.6 is 0 Å². The fourth-order valence-electron chi connectivity index (χ4n) is 1.93. The fraction of sp³-hybridized carbons (Fsp3) is 0.133. The molecule has 0 fully saturated rings. The van der Waals surface area contributed by atoms with Gasteiger partial charge in [-0.05, 0) is 17.7 Å². The summed E-state index contributed by atoms with van der Waals surface area (Å²) in [6.45, 7) is 0.705. The van der Waals surface area contributed by atoms with Crippen LogP contribution < -0.4 is 20.1 Å². The van der Waals surface area contributed by atoms with E-state index in [1.165, 1.54) is 0 Å². The Hall–Kier alpha value is -2.69. The number of ether oxygens (including phenoxy) is 2. The molecular formula is C15H14N2O3. The van der Waals surface area contributed by atoms with Crippen LogP contribution in [0.4, 0.5) is 10.5 Å². The molecule has 2 amide bonds. The van der Waals surface area contributed by atoms with E-state index in [-0.39, 0.29) is 12.8 Å². The molecule has 0 spiro atoms. The van der Waals surface area contributed by atoms with Crippen LogP contribution in [0.5, 0.6) is 11.5 Å². The van der Waals surface area contributed by atoms with Crippen molar-refractivity contribution in [3.63, 3.8) is 0 Å². The molecule has 0 bridgehead atoms. The minimum absolute atomic E-state index is 0.221. The van der Waals surface area contributed by atoms with Gasteiger partial charge in [-0.1, -0.05) is 30.3 Å². The molecule has 2 aromatic carbocycles. The van der Waals surface area contributed by atoms with Gasteiger partial charge in [0.25, 0.3) is 0 Å². The van der Waals surface area contributed by atoms with Crippen molar-refractivity contribution in [1.29, 1.82) is 0 Å². The molecule has 1 aliphatic heterocycles. The van der Waals surface area contributed by atoms with E-state index in [2.05, 4.69) is 10.6 Å². The van der Waals surface area contributed by atoms with E-state index in [1.54, 1.807) is 18.2 Å². The number of amides is 2. The summed E-state index contributed by atoms with van der Waals surface area (Å²) < 4.78 is 10.5. The van der Waals surface area contributed by atoms with E-state index in [1.807, 2.05) is 30.3 Å². The Labute approximate surface area is 116 Å². The third kappa shape index (κ3) is 2.83. The third-order valence-corrected chi connectivity index (χ3v) is 2.93. The molecule has 0 atom stereocenters. The van der Waals surface area contributed by atoms with Gasteiger partial charge in [-0.15, -0.1) is 0 Å². The van der Waals surface area contributed by atoms with Crippen LogP contribution in [-0.2, 0) is 6.54 Å². The van der Waals surface area contributed by atoms with Crippen LogP contribution in [-0.4, -0.2) is 12.8 Å². The van der Waals surface area contributed by atoms with E-state index < -0.39 is 0 Å². The van der Waals surface area contributed by atoms with E-state index >= 15 is 0 Å². The lowest BCUT2D eigenvalue weighted by Crippen LogP contribution is -2.28. The number of nitrogens with one attached hydrogen (secondary N) is 2. The fourth-order valence-corrected chi connectivity index (χ4v) is 1.93. The first-order chi connectivity index (χ1) is 9.81. The molecular weight excluding hydrogens is 256 g/mol. The van der Waals surface area contributed by atoms with Gasteiger partial charge in [0.05, 0.1) is 0 Å². The summed E-state index contributed by atoms with van der Waals surface area (Å²) in [6.07, 6.45) is 0. The van der Waals surface area contributed by atoms with Gasteiger partial charge in [-0.2, -0.15) is 0 Å². The average Bonchev–Trinajstić information content (AvgIpc) is 2.94. The average molecular weight is 270 g/mol. The smallest absolute Gasteiger partial charge is 0.319 e. The van der Waals surface area contributed by atoms with Crippen molar-refractivity contribution in [2.75, 3.05) is 12.1 Å². The molecule has 0 aliphatic carbocycles. The summed E-state index contributed by atoms with van der Waals surface area (Å²) in [4.78, 5) is 11.8. The zero-order valence-electron chi connectivity index (χ0n) is 10.8. The van der Waals surface area contributed by atoms with Crippen LogP contribution in [0.2, 0.25) is 0 Å². The number of hydrogen-bond donors (Lipinski definition) is 2. The van der Waals surface area contributed by atoms with Gasteiger partial charge in [0.15, 0.2) is 11.5 Å². The molecule has 0 aromatic heterocycles. The van der Waals surface area contributed by atoms with Gasteiger partial charge in [-0.3, -0.25) is 0 Å². The van der Waals surface area contributed by atoms with Crippen molar-refractivity contribution in [2.45, 2.75) is 6.54 Å². The largest absolute Gasteiger partial charge is 0.454 e. The van der Waals surface area contributed by atoms with E-state index in [9.17, 15) is 4.79 Å². The van der Waals surface area contributed by atoms with Crippen molar-refractivity contribution < 1.29 is 14.3 Å². The summed E-state index contributed by atoms with van der Waals surface area (Å²) in [5.74, 6) is 1.34. The van der Waals surface area contributed by atoms with Crippen molar-refractivity contribution >= 4 is 11.7 Å². The van der Waals surface area contributed by atoms with Gasteiger partial charge in [0.2, 0.25) is 6.79 Å². The first-order valence-corrected chi connectivity index (χ1v) is 6.30. The Morgan fingerprint density at radius 3 is 2.70 bits per heavy atom. The number of hydrogen-bond acceptors (Lipinski definition) is 3. The van der Waals surface area contributed by atoms with Gasteiger partial charge < -0.3 is 20.1 Å². The molecule has 0 saturated heterocycles. The van der Waals surface area contributed by atoms with Crippen LogP contribution in [0.15, 0.2) is 48.5 Å². The second-order valence-electron chi connectivity index (χ2n) is 4.36. The predicted molar refractivity (Wildman–Crippen MR) is 74.9 cm³/mol. The van der Waals surface area contributed by atoms with E-state index in [0.29, 0.717) is 23.7 Å². The number of benzene rings is 2. The zero-order chi connectivity index (χ0) is 13.8. The van der Waals surface area contributed by atoms with Crippen molar-refractivity contribution in [3.05, 3.63) is 54.1 Å². The second kappa shape index (κ2) is 5.52. The highest BCUT2D eigenvalue weighted by Crippen LogP contribution is 2.34. The normalized spacial score (nSPS) is 12.0. The molecule has 102 valence electrons. The molecule has 0 saturated carbocycles. The minimum Gasteiger partial charge on any atom is -0.454 e. The van der Waals surface area contributed by atoms with Crippen LogP contribution in [0.3, 0.4) is 0 Å². The molecule has 0 radical (unpaired) electrons. The Kier molecular flexibility index (Phi) is 3.41. The van der Waals surface area contributed by atoms with Crippen molar-refractivity contribution in [2.24, 2.45) is 0 Å². The molecule has 3 rings (SSSR count). The molecule has 1 aliphatic rings. The summed E-state index contributed by atoms with van der Waals surface area (Å²) in [5, 5.41) is 5.55. The number of anilines is 1. The number of fused-ring (bicyclic) bond motifs is 1. The SMILES string of the molecule is O=C(NCc1ccccc1)Nc1ccc2c(c1)OCO2. The number of urea groups is 1. The second-order valence-corrected chi connectivity index (χ2v) is 4.36. The Balaban J connectivity index is 1.56. The van der Waals surface area contributed by atoms with Gasteiger partial charge in [0.1, 0.15) is 0 Å². The highest BCUT2D eigenvalue weighted by atomic mass is 16.7. The molecule has 1 heterocycles. The Morgan fingerprint density at radius 2 is 1.85 bits per heavy atom. The monoisotopic (exact) mass is 270 g/mol. The molecule has 5 heteroatoms. The van der Waals surface area contributed by atoms with Gasteiger partial charge >= 0.3 is 6.03 Å². The lowest BCUT2D eigenvalue weighted by molar-refractivity contribution is 0.174. The van der Waals surface area contributed by atoms with Crippen molar-refractivity contribution in [1.82, 2.24) is 5.32 Å². The topological polar surface area (TPSA) is 59.6 Å². The maximum absolute atomic E-state index is 11.8. The first-order valence-electron chi connectivity index (χ1n) is 6.30. The van der Waals surface area contributed by atoms with Crippen LogP contribution in [0.25, 0.3) is 0 Å². The Morgan fingerprint density at radius 1 is 1.05 bits per heavy atom. The first kappa shape index (κ1) is 12.3. The lowest BCUT2D eigenvalue weighted by Gasteiger charge is -2.08. The number of rotatable bonds is 3. The van der Waals surface area contributed by atoms with Crippen molar-refractivity contribution in [3.8, 4) is 11.5 Å². The third-order valence-electron chi connectivity index (χ3n) is 2.93. The minimum atomic E-state index is -0.257. The highest BCUT2D eigenvalue weighted by Gasteiger charge is 2.13. The quantitative estimate of drug-likeness (QED) is 0.901. The zero-order valence-corrected chi connectivity index (χ0v) is 10.8. The summed E-state index contributed by atoms with van der Waals surface area (Å²) in [6, 6.07) is 14.8.